The Labute approximate surface area is 201 Å². The number of ether oxygens (including phenoxy) is 1. The molecule has 0 N–H and O–H groups in total. The number of furan rings is 1. The topological polar surface area (TPSA) is 73.8 Å². The summed E-state index contributed by atoms with van der Waals surface area (Å²) in [5, 5.41) is 2.53. The van der Waals surface area contributed by atoms with E-state index in [-0.39, 0.29) is 5.56 Å². The standard InChI is InChI=1S/C24H17ClN2O4S2/c1-13-20(23(29)30-2)21(18-7-4-10-32-18)27-22(28)19(33-24(27)26-13)12-16-8-9-17(31-16)14-5-3-6-15(25)11-14/h3-12,21H,1-2H3/b19-12+. The quantitative estimate of drug-likeness (QED) is 0.393. The average molecular weight is 497 g/mol. The van der Waals surface area contributed by atoms with Crippen molar-refractivity contribution in [3.8, 4) is 11.3 Å². The van der Waals surface area contributed by atoms with Crippen LogP contribution in [-0.2, 0) is 9.53 Å². The van der Waals surface area contributed by atoms with Crippen molar-refractivity contribution in [2.24, 2.45) is 4.99 Å². The predicted octanol–water partition coefficient (Wildman–Crippen LogP) is 4.38. The van der Waals surface area contributed by atoms with Gasteiger partial charge in [0.2, 0.25) is 0 Å². The molecule has 0 aliphatic carbocycles. The van der Waals surface area contributed by atoms with Crippen molar-refractivity contribution < 1.29 is 13.9 Å². The number of hydrogen-bond donors (Lipinski definition) is 0. The molecule has 1 unspecified atom stereocenters. The average Bonchev–Trinajstić information content (AvgIpc) is 3.55. The maximum atomic E-state index is 13.5. The third-order valence-corrected chi connectivity index (χ3v) is 7.39. The Morgan fingerprint density at radius 1 is 1.24 bits per heavy atom. The maximum Gasteiger partial charge on any atom is 0.338 e. The molecule has 166 valence electrons. The van der Waals surface area contributed by atoms with Crippen molar-refractivity contribution in [3.63, 3.8) is 0 Å². The lowest BCUT2D eigenvalue weighted by Crippen LogP contribution is -2.39. The van der Waals surface area contributed by atoms with Gasteiger partial charge in [-0.2, -0.15) is 0 Å². The number of hydrogen-bond acceptors (Lipinski definition) is 7. The molecule has 1 aliphatic heterocycles. The van der Waals surface area contributed by atoms with Crippen molar-refractivity contribution in [3.05, 3.63) is 101 Å². The van der Waals surface area contributed by atoms with Gasteiger partial charge < -0.3 is 9.15 Å². The first-order chi connectivity index (χ1) is 16.0. The number of aromatic nitrogens is 1. The van der Waals surface area contributed by atoms with Crippen LogP contribution in [0.2, 0.25) is 5.02 Å². The van der Waals surface area contributed by atoms with Gasteiger partial charge >= 0.3 is 5.97 Å². The van der Waals surface area contributed by atoms with Gasteiger partial charge in [-0.15, -0.1) is 11.3 Å². The fourth-order valence-corrected chi connectivity index (χ4v) is 5.81. The van der Waals surface area contributed by atoms with Crippen LogP contribution in [0, 0.1) is 0 Å². The summed E-state index contributed by atoms with van der Waals surface area (Å²) < 4.78 is 13.0. The number of allylic oxidation sites excluding steroid dienone is 1. The first-order valence-electron chi connectivity index (χ1n) is 9.96. The van der Waals surface area contributed by atoms with Crippen LogP contribution in [0.25, 0.3) is 17.4 Å². The summed E-state index contributed by atoms with van der Waals surface area (Å²) in [5.74, 6) is 0.685. The molecule has 33 heavy (non-hydrogen) atoms. The number of rotatable bonds is 4. The highest BCUT2D eigenvalue weighted by Crippen LogP contribution is 2.33. The molecule has 4 heterocycles. The second-order valence-corrected chi connectivity index (χ2v) is 9.73. The zero-order chi connectivity index (χ0) is 23.1. The molecule has 0 fully saturated rings. The first-order valence-corrected chi connectivity index (χ1v) is 12.0. The minimum atomic E-state index is -0.588. The molecule has 0 saturated heterocycles. The van der Waals surface area contributed by atoms with Crippen LogP contribution in [0.4, 0.5) is 0 Å². The molecule has 1 atom stereocenters. The number of methoxy groups -OCH3 is 1. The van der Waals surface area contributed by atoms with E-state index in [9.17, 15) is 9.59 Å². The number of halogens is 1. The Kier molecular flexibility index (Phi) is 5.65. The molecule has 0 radical (unpaired) electrons. The lowest BCUT2D eigenvalue weighted by atomic mass is 10.0. The van der Waals surface area contributed by atoms with Crippen molar-refractivity contribution in [1.29, 1.82) is 0 Å². The SMILES string of the molecule is COC(=O)C1=C(C)N=c2s/c(=C/c3ccc(-c4cccc(Cl)c4)o3)c(=O)n2C1c1cccs1. The molecular weight excluding hydrogens is 480 g/mol. The Morgan fingerprint density at radius 2 is 2.09 bits per heavy atom. The molecule has 0 saturated carbocycles. The molecule has 1 aromatic carbocycles. The first kappa shape index (κ1) is 21.6. The van der Waals surface area contributed by atoms with E-state index in [1.54, 1.807) is 29.7 Å². The summed E-state index contributed by atoms with van der Waals surface area (Å²) in [6.45, 7) is 1.76. The molecule has 3 aromatic heterocycles. The van der Waals surface area contributed by atoms with E-state index < -0.39 is 12.0 Å². The Bertz CT molecular complexity index is 1570. The molecule has 0 bridgehead atoms. The normalized spacial score (nSPS) is 16.0. The van der Waals surface area contributed by atoms with E-state index in [2.05, 4.69) is 4.99 Å². The van der Waals surface area contributed by atoms with Crippen molar-refractivity contribution >= 4 is 46.3 Å². The highest BCUT2D eigenvalue weighted by molar-refractivity contribution is 7.10. The van der Waals surface area contributed by atoms with E-state index in [1.807, 2.05) is 41.8 Å². The third kappa shape index (κ3) is 3.90. The molecule has 9 heteroatoms. The van der Waals surface area contributed by atoms with Gasteiger partial charge in [0.15, 0.2) is 4.80 Å². The third-order valence-electron chi connectivity index (χ3n) is 5.25. The van der Waals surface area contributed by atoms with Crippen LogP contribution >= 0.6 is 34.3 Å². The van der Waals surface area contributed by atoms with Gasteiger partial charge in [-0.3, -0.25) is 9.36 Å². The molecule has 0 amide bonds. The minimum absolute atomic E-state index is 0.244. The monoisotopic (exact) mass is 496 g/mol. The number of thiophene rings is 1. The van der Waals surface area contributed by atoms with Crippen molar-refractivity contribution in [1.82, 2.24) is 4.57 Å². The van der Waals surface area contributed by atoms with Gasteiger partial charge in [0.25, 0.3) is 5.56 Å². The van der Waals surface area contributed by atoms with Gasteiger partial charge in [0.05, 0.1) is 22.9 Å². The van der Waals surface area contributed by atoms with E-state index >= 15 is 0 Å². The van der Waals surface area contributed by atoms with Gasteiger partial charge in [-0.05, 0) is 42.6 Å². The minimum Gasteiger partial charge on any atom is -0.466 e. The molecular formula is C24H17ClN2O4S2. The number of thiazole rings is 1. The van der Waals surface area contributed by atoms with Crippen LogP contribution in [0.5, 0.6) is 0 Å². The molecule has 4 aromatic rings. The highest BCUT2D eigenvalue weighted by Gasteiger charge is 2.33. The predicted molar refractivity (Wildman–Crippen MR) is 129 cm³/mol. The summed E-state index contributed by atoms with van der Waals surface area (Å²) in [5.41, 5.74) is 1.50. The van der Waals surface area contributed by atoms with E-state index in [4.69, 9.17) is 20.8 Å². The lowest BCUT2D eigenvalue weighted by molar-refractivity contribution is -0.136. The number of benzene rings is 1. The summed E-state index contributed by atoms with van der Waals surface area (Å²) >= 11 is 8.81. The van der Waals surface area contributed by atoms with Crippen LogP contribution in [-0.4, -0.2) is 17.6 Å². The van der Waals surface area contributed by atoms with Crippen molar-refractivity contribution in [2.75, 3.05) is 7.11 Å². The lowest BCUT2D eigenvalue weighted by Gasteiger charge is -2.22. The Hall–Kier alpha value is -3.20. The summed E-state index contributed by atoms with van der Waals surface area (Å²) in [4.78, 5) is 32.0. The van der Waals surface area contributed by atoms with Gasteiger partial charge in [0, 0.05) is 21.5 Å². The van der Waals surface area contributed by atoms with Gasteiger partial charge in [0.1, 0.15) is 17.6 Å². The number of nitrogens with zero attached hydrogens (tertiary/aromatic N) is 2. The molecule has 0 spiro atoms. The highest BCUT2D eigenvalue weighted by atomic mass is 35.5. The van der Waals surface area contributed by atoms with Crippen LogP contribution in [0.1, 0.15) is 23.6 Å². The summed E-state index contributed by atoms with van der Waals surface area (Å²) in [6.07, 6.45) is 1.69. The number of carbonyl (C=O) groups is 1. The fraction of sp³-hybridized carbons (Fsp3) is 0.125. The second-order valence-electron chi connectivity index (χ2n) is 7.30. The van der Waals surface area contributed by atoms with Gasteiger partial charge in [-0.1, -0.05) is 41.1 Å². The molecule has 6 nitrogen and oxygen atoms in total. The number of carbonyl (C=O) groups excluding carboxylic acids is 1. The summed E-state index contributed by atoms with van der Waals surface area (Å²) in [7, 11) is 1.33. The Morgan fingerprint density at radius 3 is 2.82 bits per heavy atom. The van der Waals surface area contributed by atoms with Crippen LogP contribution in [0.3, 0.4) is 0 Å². The van der Waals surface area contributed by atoms with Crippen molar-refractivity contribution in [2.45, 2.75) is 13.0 Å². The maximum absolute atomic E-state index is 13.5. The number of esters is 1. The second kappa shape index (κ2) is 8.62. The summed E-state index contributed by atoms with van der Waals surface area (Å²) in [6, 6.07) is 14.2. The van der Waals surface area contributed by atoms with E-state index in [0.717, 1.165) is 10.4 Å². The largest absolute Gasteiger partial charge is 0.466 e. The molecule has 1 aliphatic rings. The van der Waals surface area contributed by atoms with Crippen LogP contribution < -0.4 is 14.9 Å². The van der Waals surface area contributed by atoms with E-state index in [1.165, 1.54) is 29.8 Å². The van der Waals surface area contributed by atoms with E-state index in [0.29, 0.717) is 37.1 Å². The fourth-order valence-electron chi connectivity index (χ4n) is 3.77. The zero-order valence-electron chi connectivity index (χ0n) is 17.6. The Balaban J connectivity index is 1.63. The van der Waals surface area contributed by atoms with Crippen LogP contribution in [0.15, 0.2) is 79.4 Å². The number of fused-ring (bicyclic) bond motifs is 1. The smallest absolute Gasteiger partial charge is 0.338 e. The van der Waals surface area contributed by atoms with Gasteiger partial charge in [-0.25, -0.2) is 9.79 Å². The zero-order valence-corrected chi connectivity index (χ0v) is 20.0. The molecule has 5 rings (SSSR count).